The van der Waals surface area contributed by atoms with Crippen LogP contribution in [0.4, 0.5) is 5.69 Å². The number of aliphatic hydroxyl groups excluding tert-OH is 2. The summed E-state index contributed by atoms with van der Waals surface area (Å²) in [6.07, 6.45) is -0.386. The highest BCUT2D eigenvalue weighted by molar-refractivity contribution is 5.39. The quantitative estimate of drug-likeness (QED) is 0.523. The molecule has 2 heterocycles. The number of nitro groups is 1. The van der Waals surface area contributed by atoms with Gasteiger partial charge in [0.2, 0.25) is 0 Å². The fourth-order valence-corrected chi connectivity index (χ4v) is 2.35. The lowest BCUT2D eigenvalue weighted by Crippen LogP contribution is -2.58. The van der Waals surface area contributed by atoms with Gasteiger partial charge >= 0.3 is 0 Å². The summed E-state index contributed by atoms with van der Waals surface area (Å²) in [4.78, 5) is 14.1. The Bertz CT molecular complexity index is 496. The summed E-state index contributed by atoms with van der Waals surface area (Å²) in [6, 6.07) is 1.45. The van der Waals surface area contributed by atoms with Crippen molar-refractivity contribution < 1.29 is 25.0 Å². The van der Waals surface area contributed by atoms with Crippen LogP contribution in [-0.2, 0) is 4.74 Å². The first-order chi connectivity index (χ1) is 9.40. The molecule has 2 rings (SSSR count). The standard InChI is InChI=1S/C12H16N2O6/c1-7-12(17,6-15)11(16)4-10(20-7)8-2-3-13-5-9(8)14(18)19/h2-3,5,7,10-11,15-17H,4,6H2,1H3/t7-,10-,11-,12-/m1/s1. The van der Waals surface area contributed by atoms with Crippen molar-refractivity contribution in [3.05, 3.63) is 34.1 Å². The molecule has 1 aliphatic heterocycles. The molecule has 0 saturated carbocycles. The molecule has 110 valence electrons. The molecule has 0 unspecified atom stereocenters. The van der Waals surface area contributed by atoms with E-state index in [9.17, 15) is 25.4 Å². The molecule has 1 saturated heterocycles. The zero-order valence-electron chi connectivity index (χ0n) is 10.8. The lowest BCUT2D eigenvalue weighted by Gasteiger charge is -2.43. The predicted molar refractivity (Wildman–Crippen MR) is 66.8 cm³/mol. The third-order valence-electron chi connectivity index (χ3n) is 3.72. The van der Waals surface area contributed by atoms with Gasteiger partial charge in [-0.1, -0.05) is 0 Å². The Kier molecular flexibility index (Phi) is 4.00. The van der Waals surface area contributed by atoms with Crippen molar-refractivity contribution in [1.29, 1.82) is 0 Å². The van der Waals surface area contributed by atoms with Gasteiger partial charge in [0.15, 0.2) is 0 Å². The topological polar surface area (TPSA) is 126 Å². The van der Waals surface area contributed by atoms with E-state index in [2.05, 4.69) is 4.98 Å². The second-order valence-corrected chi connectivity index (χ2v) is 4.86. The smallest absolute Gasteiger partial charge is 0.293 e. The minimum absolute atomic E-state index is 0.0494. The second kappa shape index (κ2) is 5.41. The molecule has 0 aliphatic carbocycles. The van der Waals surface area contributed by atoms with E-state index in [1.807, 2.05) is 0 Å². The van der Waals surface area contributed by atoms with Crippen molar-refractivity contribution in [2.75, 3.05) is 6.61 Å². The monoisotopic (exact) mass is 284 g/mol. The summed E-state index contributed by atoms with van der Waals surface area (Å²) in [5, 5.41) is 40.2. The number of aliphatic hydroxyl groups is 3. The number of rotatable bonds is 3. The average molecular weight is 284 g/mol. The van der Waals surface area contributed by atoms with Gasteiger partial charge in [-0.2, -0.15) is 0 Å². The molecule has 20 heavy (non-hydrogen) atoms. The molecule has 1 aromatic rings. The van der Waals surface area contributed by atoms with Crippen LogP contribution in [0.2, 0.25) is 0 Å². The molecule has 1 fully saturated rings. The van der Waals surface area contributed by atoms with Gasteiger partial charge in [-0.25, -0.2) is 0 Å². The summed E-state index contributed by atoms with van der Waals surface area (Å²) < 4.78 is 5.54. The molecule has 0 aromatic carbocycles. The number of hydrogen-bond acceptors (Lipinski definition) is 7. The van der Waals surface area contributed by atoms with Gasteiger partial charge in [-0.05, 0) is 13.0 Å². The largest absolute Gasteiger partial charge is 0.393 e. The van der Waals surface area contributed by atoms with Crippen molar-refractivity contribution in [3.63, 3.8) is 0 Å². The Morgan fingerprint density at radius 2 is 2.35 bits per heavy atom. The zero-order valence-corrected chi connectivity index (χ0v) is 10.8. The fraction of sp³-hybridized carbons (Fsp3) is 0.583. The minimum atomic E-state index is -1.77. The maximum atomic E-state index is 11.0. The molecule has 3 N–H and O–H groups in total. The van der Waals surface area contributed by atoms with E-state index in [4.69, 9.17) is 4.74 Å². The molecule has 1 aromatic heterocycles. The molecule has 8 heteroatoms. The van der Waals surface area contributed by atoms with Crippen LogP contribution in [0.3, 0.4) is 0 Å². The maximum Gasteiger partial charge on any atom is 0.293 e. The Morgan fingerprint density at radius 3 is 2.90 bits per heavy atom. The summed E-state index contributed by atoms with van der Waals surface area (Å²) in [6.45, 7) is 0.846. The normalized spacial score (nSPS) is 33.9. The van der Waals surface area contributed by atoms with Gasteiger partial charge in [0.05, 0.1) is 35.4 Å². The molecule has 4 atom stereocenters. The molecule has 0 amide bonds. The highest BCUT2D eigenvalue weighted by Crippen LogP contribution is 2.39. The van der Waals surface area contributed by atoms with E-state index >= 15 is 0 Å². The third kappa shape index (κ3) is 2.38. The van der Waals surface area contributed by atoms with Crippen molar-refractivity contribution >= 4 is 5.69 Å². The predicted octanol–water partition coefficient (Wildman–Crippen LogP) is -0.0760. The van der Waals surface area contributed by atoms with Gasteiger partial charge < -0.3 is 20.1 Å². The minimum Gasteiger partial charge on any atom is -0.393 e. The van der Waals surface area contributed by atoms with Crippen molar-refractivity contribution in [1.82, 2.24) is 4.98 Å². The molecule has 8 nitrogen and oxygen atoms in total. The lowest BCUT2D eigenvalue weighted by molar-refractivity contribution is -0.387. The summed E-state index contributed by atoms with van der Waals surface area (Å²) in [5.41, 5.74) is -1.68. The summed E-state index contributed by atoms with van der Waals surface area (Å²) in [5.74, 6) is 0. The number of nitrogens with zero attached hydrogens (tertiary/aromatic N) is 2. The van der Waals surface area contributed by atoms with Crippen LogP contribution in [0.1, 0.15) is 25.0 Å². The molecule has 0 spiro atoms. The number of hydrogen-bond donors (Lipinski definition) is 3. The average Bonchev–Trinajstić information content (AvgIpc) is 2.44. The Labute approximate surface area is 114 Å². The molecule has 0 radical (unpaired) electrons. The highest BCUT2D eigenvalue weighted by Gasteiger charge is 2.48. The third-order valence-corrected chi connectivity index (χ3v) is 3.72. The van der Waals surface area contributed by atoms with E-state index in [-0.39, 0.29) is 17.7 Å². The summed E-state index contributed by atoms with van der Waals surface area (Å²) >= 11 is 0. The van der Waals surface area contributed by atoms with Crippen LogP contribution in [-0.4, -0.2) is 49.6 Å². The first-order valence-corrected chi connectivity index (χ1v) is 6.15. The van der Waals surface area contributed by atoms with E-state index in [1.165, 1.54) is 19.2 Å². The highest BCUT2D eigenvalue weighted by atomic mass is 16.6. The first kappa shape index (κ1) is 14.8. The van der Waals surface area contributed by atoms with Crippen LogP contribution < -0.4 is 0 Å². The molecule has 1 aliphatic rings. The Morgan fingerprint density at radius 1 is 1.65 bits per heavy atom. The van der Waals surface area contributed by atoms with Crippen molar-refractivity contribution in [3.8, 4) is 0 Å². The van der Waals surface area contributed by atoms with Gasteiger partial charge in [0.1, 0.15) is 11.8 Å². The number of aromatic nitrogens is 1. The van der Waals surface area contributed by atoms with Crippen LogP contribution in [0.5, 0.6) is 0 Å². The van der Waals surface area contributed by atoms with Crippen molar-refractivity contribution in [2.24, 2.45) is 0 Å². The van der Waals surface area contributed by atoms with Crippen LogP contribution in [0.15, 0.2) is 18.5 Å². The van der Waals surface area contributed by atoms with Gasteiger partial charge in [0, 0.05) is 12.6 Å². The van der Waals surface area contributed by atoms with Crippen LogP contribution in [0.25, 0.3) is 0 Å². The Balaban J connectivity index is 2.31. The van der Waals surface area contributed by atoms with Gasteiger partial charge in [-0.3, -0.25) is 15.1 Å². The summed E-state index contributed by atoms with van der Waals surface area (Å²) in [7, 11) is 0. The van der Waals surface area contributed by atoms with E-state index in [0.717, 1.165) is 6.20 Å². The van der Waals surface area contributed by atoms with E-state index in [1.54, 1.807) is 0 Å². The lowest BCUT2D eigenvalue weighted by atomic mass is 9.83. The maximum absolute atomic E-state index is 11.0. The number of ether oxygens (including phenoxy) is 1. The van der Waals surface area contributed by atoms with Gasteiger partial charge in [-0.15, -0.1) is 0 Å². The second-order valence-electron chi connectivity index (χ2n) is 4.86. The van der Waals surface area contributed by atoms with Crippen LogP contribution >= 0.6 is 0 Å². The molecular weight excluding hydrogens is 268 g/mol. The zero-order chi connectivity index (χ0) is 14.9. The fourth-order valence-electron chi connectivity index (χ4n) is 2.35. The van der Waals surface area contributed by atoms with E-state index in [0.29, 0.717) is 0 Å². The first-order valence-electron chi connectivity index (χ1n) is 6.15. The molecule has 0 bridgehead atoms. The Hall–Kier alpha value is -1.61. The van der Waals surface area contributed by atoms with E-state index < -0.39 is 35.4 Å². The van der Waals surface area contributed by atoms with Gasteiger partial charge in [0.25, 0.3) is 5.69 Å². The SMILES string of the molecule is C[C@H]1O[C@@H](c2ccncc2[N+](=O)[O-])C[C@@H](O)[C@@]1(O)CO. The number of pyridine rings is 1. The van der Waals surface area contributed by atoms with Crippen LogP contribution in [0, 0.1) is 10.1 Å². The van der Waals surface area contributed by atoms with Crippen molar-refractivity contribution in [2.45, 2.75) is 37.3 Å². The molecular formula is C12H16N2O6.